The first-order valence-electron chi connectivity index (χ1n) is 5.93. The Hall–Kier alpha value is 0.300. The van der Waals surface area contributed by atoms with E-state index < -0.39 is 9.96 Å². The van der Waals surface area contributed by atoms with Gasteiger partial charge in [-0.3, -0.25) is 9.69 Å². The highest BCUT2D eigenvalue weighted by molar-refractivity contribution is 6.68. The third-order valence-electron chi connectivity index (χ3n) is 2.87. The maximum Gasteiger partial charge on any atom is 0.223 e. The number of likely N-dealkylation sites (tertiary alicyclic amines) is 1. The highest BCUT2D eigenvalue weighted by Gasteiger charge is 2.39. The van der Waals surface area contributed by atoms with Gasteiger partial charge in [0.15, 0.2) is 0 Å². The Morgan fingerprint density at radius 3 is 2.12 bits per heavy atom. The van der Waals surface area contributed by atoms with Gasteiger partial charge in [0, 0.05) is 19.0 Å². The zero-order valence-electron chi connectivity index (χ0n) is 10.2. The molecule has 0 aromatic carbocycles. The molecular weight excluding hydrogens is 282 g/mol. The third-order valence-corrected chi connectivity index (χ3v) is 3.49. The van der Waals surface area contributed by atoms with E-state index in [1.165, 1.54) is 6.42 Å². The molecule has 1 aliphatic heterocycles. The number of amides is 1. The number of nitrogens with one attached hydrogen (secondary N) is 1. The molecule has 3 nitrogen and oxygen atoms in total. The molecule has 1 rings (SSSR count). The first kappa shape index (κ1) is 15.4. The molecule has 1 amide bonds. The monoisotopic (exact) mass is 300 g/mol. The van der Waals surface area contributed by atoms with Crippen LogP contribution in [0.4, 0.5) is 0 Å². The van der Waals surface area contributed by atoms with E-state index in [4.69, 9.17) is 34.8 Å². The summed E-state index contributed by atoms with van der Waals surface area (Å²) in [5.41, 5.74) is 0. The minimum atomic E-state index is -1.50. The van der Waals surface area contributed by atoms with Crippen LogP contribution in [0.25, 0.3) is 0 Å². The predicted octanol–water partition coefficient (Wildman–Crippen LogP) is 2.94. The number of hydrogen-bond donors (Lipinski definition) is 1. The van der Waals surface area contributed by atoms with E-state index in [-0.39, 0.29) is 11.8 Å². The Kier molecular flexibility index (Phi) is 5.84. The van der Waals surface area contributed by atoms with Gasteiger partial charge >= 0.3 is 0 Å². The Morgan fingerprint density at radius 1 is 1.18 bits per heavy atom. The van der Waals surface area contributed by atoms with Crippen LogP contribution in [0.3, 0.4) is 0 Å². The zero-order chi connectivity index (χ0) is 13.1. The summed E-state index contributed by atoms with van der Waals surface area (Å²) in [6, 6.07) is 0. The molecule has 0 aromatic heterocycles. The van der Waals surface area contributed by atoms with Crippen LogP contribution in [0.1, 0.15) is 33.1 Å². The van der Waals surface area contributed by atoms with E-state index in [1.807, 2.05) is 18.7 Å². The maximum absolute atomic E-state index is 11.7. The van der Waals surface area contributed by atoms with Crippen LogP contribution in [0.2, 0.25) is 0 Å². The molecule has 1 fully saturated rings. The third kappa shape index (κ3) is 4.82. The molecule has 0 aliphatic carbocycles. The normalized spacial score (nSPS) is 20.4. The lowest BCUT2D eigenvalue weighted by Gasteiger charge is -2.38. The highest BCUT2D eigenvalue weighted by Crippen LogP contribution is 2.33. The Balaban J connectivity index is 2.69. The topological polar surface area (TPSA) is 32.3 Å². The highest BCUT2D eigenvalue weighted by atomic mass is 35.6. The Bertz CT molecular complexity index is 260. The summed E-state index contributed by atoms with van der Waals surface area (Å²) in [5.74, 6) is -0.207. The molecule has 6 heteroatoms. The number of carbonyl (C=O) groups is 1. The summed E-state index contributed by atoms with van der Waals surface area (Å²) in [5, 5.41) is 2.82. The van der Waals surface area contributed by atoms with Gasteiger partial charge in [0.2, 0.25) is 9.70 Å². The van der Waals surface area contributed by atoms with Crippen LogP contribution in [-0.2, 0) is 4.79 Å². The van der Waals surface area contributed by atoms with E-state index in [0.717, 1.165) is 25.9 Å². The van der Waals surface area contributed by atoms with Crippen molar-refractivity contribution >= 4 is 40.7 Å². The molecule has 1 aliphatic rings. The Labute approximate surface area is 118 Å². The number of alkyl halides is 3. The summed E-state index contributed by atoms with van der Waals surface area (Å²) >= 11 is 17.9. The number of piperidine rings is 1. The molecule has 1 N–H and O–H groups in total. The average molecular weight is 302 g/mol. The van der Waals surface area contributed by atoms with Crippen molar-refractivity contribution in [1.82, 2.24) is 10.2 Å². The smallest absolute Gasteiger partial charge is 0.223 e. The van der Waals surface area contributed by atoms with Gasteiger partial charge in [0.25, 0.3) is 0 Å². The van der Waals surface area contributed by atoms with Crippen LogP contribution < -0.4 is 5.32 Å². The van der Waals surface area contributed by atoms with Crippen molar-refractivity contribution in [1.29, 1.82) is 0 Å². The molecule has 0 bridgehead atoms. The molecule has 1 heterocycles. The van der Waals surface area contributed by atoms with Crippen LogP contribution in [0.15, 0.2) is 0 Å². The van der Waals surface area contributed by atoms with Gasteiger partial charge in [-0.1, -0.05) is 55.1 Å². The van der Waals surface area contributed by atoms with Crippen molar-refractivity contribution in [2.75, 3.05) is 13.1 Å². The van der Waals surface area contributed by atoms with E-state index in [9.17, 15) is 4.79 Å². The summed E-state index contributed by atoms with van der Waals surface area (Å²) < 4.78 is -1.50. The fourth-order valence-electron chi connectivity index (χ4n) is 1.86. The molecule has 17 heavy (non-hydrogen) atoms. The summed E-state index contributed by atoms with van der Waals surface area (Å²) in [6.07, 6.45) is 2.81. The van der Waals surface area contributed by atoms with Gasteiger partial charge in [-0.25, -0.2) is 0 Å². The van der Waals surface area contributed by atoms with E-state index in [1.54, 1.807) is 0 Å². The second kappa shape index (κ2) is 6.46. The number of nitrogens with zero attached hydrogens (tertiary/aromatic N) is 1. The molecule has 0 radical (unpaired) electrons. The number of halogens is 3. The molecular formula is C11H19Cl3N2O. The van der Waals surface area contributed by atoms with Gasteiger partial charge in [-0.15, -0.1) is 0 Å². The first-order chi connectivity index (χ1) is 7.82. The maximum atomic E-state index is 11.7. The van der Waals surface area contributed by atoms with E-state index in [2.05, 4.69) is 5.32 Å². The van der Waals surface area contributed by atoms with Crippen molar-refractivity contribution in [2.24, 2.45) is 5.92 Å². The minimum Gasteiger partial charge on any atom is -0.336 e. The molecule has 0 saturated carbocycles. The number of rotatable bonds is 3. The van der Waals surface area contributed by atoms with Gasteiger partial charge in [-0.2, -0.15) is 0 Å². The fourth-order valence-corrected chi connectivity index (χ4v) is 2.44. The summed E-state index contributed by atoms with van der Waals surface area (Å²) in [4.78, 5) is 13.8. The minimum absolute atomic E-state index is 0.0908. The number of carbonyl (C=O) groups excluding carboxylic acids is 1. The van der Waals surface area contributed by atoms with Gasteiger partial charge < -0.3 is 5.32 Å². The largest absolute Gasteiger partial charge is 0.336 e. The predicted molar refractivity (Wildman–Crippen MR) is 72.5 cm³/mol. The van der Waals surface area contributed by atoms with Gasteiger partial charge in [-0.05, 0) is 12.8 Å². The fraction of sp³-hybridized carbons (Fsp3) is 0.909. The second-order valence-corrected chi connectivity index (χ2v) is 7.07. The second-order valence-electron chi connectivity index (χ2n) is 4.70. The average Bonchev–Trinajstić information content (AvgIpc) is 2.25. The van der Waals surface area contributed by atoms with Crippen molar-refractivity contribution in [2.45, 2.75) is 43.1 Å². The lowest BCUT2D eigenvalue weighted by atomic mass is 10.1. The van der Waals surface area contributed by atoms with Crippen LogP contribution in [-0.4, -0.2) is 33.9 Å². The lowest BCUT2D eigenvalue weighted by Crippen LogP contribution is -2.57. The first-order valence-corrected chi connectivity index (χ1v) is 7.07. The standard InChI is InChI=1S/C11H19Cl3N2O/c1-8(2)9(17)15-10(11(12,13)14)16-6-4-3-5-7-16/h8,10H,3-7H2,1-2H3,(H,15,17)/t10-/m1/s1. The van der Waals surface area contributed by atoms with Gasteiger partial charge in [0.1, 0.15) is 6.17 Å². The Morgan fingerprint density at radius 2 is 1.71 bits per heavy atom. The SMILES string of the molecule is CC(C)C(=O)N[C@H](N1CCCCC1)C(Cl)(Cl)Cl. The van der Waals surface area contributed by atoms with Crippen molar-refractivity contribution < 1.29 is 4.79 Å². The van der Waals surface area contributed by atoms with Crippen LogP contribution in [0.5, 0.6) is 0 Å². The summed E-state index contributed by atoms with van der Waals surface area (Å²) in [6.45, 7) is 5.36. The van der Waals surface area contributed by atoms with E-state index in [0.29, 0.717) is 0 Å². The molecule has 1 atom stereocenters. The summed E-state index contributed by atoms with van der Waals surface area (Å²) in [7, 11) is 0. The van der Waals surface area contributed by atoms with E-state index >= 15 is 0 Å². The quantitative estimate of drug-likeness (QED) is 0.813. The lowest BCUT2D eigenvalue weighted by molar-refractivity contribution is -0.126. The molecule has 0 unspecified atom stereocenters. The molecule has 0 spiro atoms. The molecule has 1 saturated heterocycles. The number of hydrogen-bond acceptors (Lipinski definition) is 2. The zero-order valence-corrected chi connectivity index (χ0v) is 12.4. The van der Waals surface area contributed by atoms with Crippen LogP contribution >= 0.6 is 34.8 Å². The van der Waals surface area contributed by atoms with Crippen LogP contribution in [0, 0.1) is 5.92 Å². The van der Waals surface area contributed by atoms with Gasteiger partial charge in [0.05, 0.1) is 0 Å². The molecule has 0 aromatic rings. The van der Waals surface area contributed by atoms with Crippen molar-refractivity contribution in [3.8, 4) is 0 Å². The van der Waals surface area contributed by atoms with Crippen molar-refractivity contribution in [3.05, 3.63) is 0 Å². The van der Waals surface area contributed by atoms with Crippen molar-refractivity contribution in [3.63, 3.8) is 0 Å². The molecule has 100 valence electrons.